The number of phenolic OH excluding ortho intramolecular Hbond substituents is 2. The highest BCUT2D eigenvalue weighted by atomic mass is 32.2. The molecule has 0 heterocycles. The Bertz CT molecular complexity index is 1490. The lowest BCUT2D eigenvalue weighted by atomic mass is 9.86. The molecule has 4 aromatic carbocycles. The predicted octanol–water partition coefficient (Wildman–Crippen LogP) is 12.1. The van der Waals surface area contributed by atoms with Crippen LogP contribution in [-0.4, -0.2) is 20.7 Å². The van der Waals surface area contributed by atoms with Crippen molar-refractivity contribution >= 4 is 23.5 Å². The lowest BCUT2D eigenvalue weighted by molar-refractivity contribution is 0.406. The van der Waals surface area contributed by atoms with E-state index in [1.54, 1.807) is 0 Å². The molecule has 1 aliphatic carbocycles. The molecule has 5 rings (SSSR count). The molecule has 4 nitrogen and oxygen atoms in total. The summed E-state index contributed by atoms with van der Waals surface area (Å²) in [6.07, 6.45) is 5.96. The Balaban J connectivity index is 1.35. The van der Waals surface area contributed by atoms with Crippen molar-refractivity contribution in [3.63, 3.8) is 0 Å². The Labute approximate surface area is 290 Å². The minimum Gasteiger partial charge on any atom is -0.504 e. The van der Waals surface area contributed by atoms with Crippen molar-refractivity contribution in [1.82, 2.24) is 0 Å². The summed E-state index contributed by atoms with van der Waals surface area (Å²) in [5.41, 5.74) is 3.95. The number of benzene rings is 4. The van der Waals surface area contributed by atoms with E-state index in [0.717, 1.165) is 35.1 Å². The molecule has 1 fully saturated rings. The van der Waals surface area contributed by atoms with Crippen LogP contribution in [0.2, 0.25) is 0 Å². The van der Waals surface area contributed by atoms with Crippen LogP contribution in [0.25, 0.3) is 0 Å². The molecule has 1 saturated carbocycles. The molecule has 0 amide bonds. The van der Waals surface area contributed by atoms with Gasteiger partial charge in [-0.05, 0) is 71.2 Å². The van der Waals surface area contributed by atoms with E-state index >= 15 is 0 Å². The Morgan fingerprint density at radius 3 is 1.32 bits per heavy atom. The van der Waals surface area contributed by atoms with Gasteiger partial charge in [-0.2, -0.15) is 23.5 Å². The first-order valence-electron chi connectivity index (χ1n) is 16.8. The van der Waals surface area contributed by atoms with Gasteiger partial charge in [0.25, 0.3) is 0 Å². The normalized spacial score (nSPS) is 17.2. The van der Waals surface area contributed by atoms with Gasteiger partial charge >= 0.3 is 0 Å². The lowest BCUT2D eigenvalue weighted by Crippen LogP contribution is -2.19. The van der Waals surface area contributed by atoms with Gasteiger partial charge in [-0.25, -0.2) is 0 Å². The third-order valence-electron chi connectivity index (χ3n) is 8.78. The summed E-state index contributed by atoms with van der Waals surface area (Å²) < 4.78 is 12.4. The fourth-order valence-corrected chi connectivity index (χ4v) is 8.89. The van der Waals surface area contributed by atoms with Gasteiger partial charge in [0.05, 0.1) is 0 Å². The van der Waals surface area contributed by atoms with Crippen molar-refractivity contribution < 1.29 is 19.7 Å². The monoisotopic (exact) mass is 670 g/mol. The molecule has 2 N–H and O–H groups in total. The highest BCUT2D eigenvalue weighted by Crippen LogP contribution is 2.45. The van der Waals surface area contributed by atoms with E-state index in [1.165, 1.54) is 19.3 Å². The van der Waals surface area contributed by atoms with Crippen LogP contribution in [0.3, 0.4) is 0 Å². The van der Waals surface area contributed by atoms with Crippen LogP contribution in [0.15, 0.2) is 84.9 Å². The third-order valence-corrected chi connectivity index (χ3v) is 11.9. The molecule has 0 aliphatic heterocycles. The van der Waals surface area contributed by atoms with E-state index in [0.29, 0.717) is 45.0 Å². The zero-order chi connectivity index (χ0) is 33.6. The SMILES string of the molecule is CC(C)(C)c1cc(CSC2CCCCCC2SCc2cc(C(C)(C)C)cc(Oc3ccccc3)c2O)c(O)c(Oc2ccccc2)c1. The molecule has 6 heteroatoms. The van der Waals surface area contributed by atoms with Crippen molar-refractivity contribution in [2.24, 2.45) is 0 Å². The Kier molecular flexibility index (Phi) is 11.5. The fraction of sp³-hybridized carbons (Fsp3) is 0.415. The van der Waals surface area contributed by atoms with Gasteiger partial charge in [-0.1, -0.05) is 109 Å². The average Bonchev–Trinajstić information content (AvgIpc) is 3.26. The van der Waals surface area contributed by atoms with Crippen LogP contribution in [0.4, 0.5) is 0 Å². The topological polar surface area (TPSA) is 58.9 Å². The number of rotatable bonds is 10. The molecule has 0 saturated heterocycles. The second kappa shape index (κ2) is 15.3. The molecule has 47 heavy (non-hydrogen) atoms. The van der Waals surface area contributed by atoms with Gasteiger partial charge in [0.2, 0.25) is 0 Å². The number of hydrogen-bond donors (Lipinski definition) is 2. The lowest BCUT2D eigenvalue weighted by Gasteiger charge is -2.27. The van der Waals surface area contributed by atoms with Crippen LogP contribution in [0.5, 0.6) is 34.5 Å². The van der Waals surface area contributed by atoms with Gasteiger partial charge in [0.15, 0.2) is 23.0 Å². The van der Waals surface area contributed by atoms with Crippen LogP contribution >= 0.6 is 23.5 Å². The van der Waals surface area contributed by atoms with E-state index in [2.05, 4.69) is 53.7 Å². The van der Waals surface area contributed by atoms with Crippen molar-refractivity contribution in [1.29, 1.82) is 0 Å². The quantitative estimate of drug-likeness (QED) is 0.164. The molecule has 2 atom stereocenters. The summed E-state index contributed by atoms with van der Waals surface area (Å²) in [6.45, 7) is 13.2. The summed E-state index contributed by atoms with van der Waals surface area (Å²) in [5.74, 6) is 4.31. The second-order valence-electron chi connectivity index (χ2n) is 14.6. The summed E-state index contributed by atoms with van der Waals surface area (Å²) in [7, 11) is 0. The standard InChI is InChI=1S/C41H50O4S2/c1-40(2,3)30-22-28(38(42)34(24-30)44-32-16-10-7-11-17-32)26-46-36-20-14-9-15-21-37(36)47-27-29-23-31(41(4,5)6)25-35(39(29)43)45-33-18-12-8-13-19-33/h7-8,10-13,16-19,22-25,36-37,42-43H,9,14-15,20-21,26-27H2,1-6H3. The molecule has 0 aromatic heterocycles. The van der Waals surface area contributed by atoms with E-state index in [-0.39, 0.29) is 22.3 Å². The van der Waals surface area contributed by atoms with Gasteiger partial charge in [-0.15, -0.1) is 0 Å². The minimum absolute atomic E-state index is 0.0880. The Hall–Kier alpha value is -3.22. The molecule has 0 radical (unpaired) electrons. The molecule has 0 spiro atoms. The average molecular weight is 671 g/mol. The van der Waals surface area contributed by atoms with Gasteiger partial charge in [-0.3, -0.25) is 0 Å². The molecular weight excluding hydrogens is 621 g/mol. The van der Waals surface area contributed by atoms with E-state index in [4.69, 9.17) is 9.47 Å². The summed E-state index contributed by atoms with van der Waals surface area (Å²) in [4.78, 5) is 0. The smallest absolute Gasteiger partial charge is 0.169 e. The van der Waals surface area contributed by atoms with Gasteiger partial charge in [0, 0.05) is 33.1 Å². The van der Waals surface area contributed by atoms with Crippen LogP contribution < -0.4 is 9.47 Å². The fourth-order valence-electron chi connectivity index (χ4n) is 5.82. The van der Waals surface area contributed by atoms with Crippen LogP contribution in [0.1, 0.15) is 95.9 Å². The van der Waals surface area contributed by atoms with Gasteiger partial charge < -0.3 is 19.7 Å². The predicted molar refractivity (Wildman–Crippen MR) is 200 cm³/mol. The molecule has 0 bridgehead atoms. The van der Waals surface area contributed by atoms with E-state index in [1.807, 2.05) is 96.3 Å². The second-order valence-corrected chi connectivity index (χ2v) is 17.1. The number of phenols is 2. The highest BCUT2D eigenvalue weighted by Gasteiger charge is 2.28. The van der Waals surface area contributed by atoms with Gasteiger partial charge in [0.1, 0.15) is 11.5 Å². The zero-order valence-corrected chi connectivity index (χ0v) is 30.3. The maximum atomic E-state index is 11.4. The van der Waals surface area contributed by atoms with Crippen LogP contribution in [-0.2, 0) is 22.3 Å². The summed E-state index contributed by atoms with van der Waals surface area (Å²) in [5, 5.41) is 23.7. The van der Waals surface area contributed by atoms with Crippen LogP contribution in [0, 0.1) is 0 Å². The number of aromatic hydroxyl groups is 2. The number of thioether (sulfide) groups is 2. The first-order valence-corrected chi connectivity index (χ1v) is 18.9. The molecule has 1 aliphatic rings. The molecule has 2 unspecified atom stereocenters. The van der Waals surface area contributed by atoms with Crippen molar-refractivity contribution in [3.8, 4) is 34.5 Å². The van der Waals surface area contributed by atoms with E-state index in [9.17, 15) is 10.2 Å². The minimum atomic E-state index is -0.0880. The highest BCUT2D eigenvalue weighted by molar-refractivity contribution is 8.03. The molecule has 4 aromatic rings. The largest absolute Gasteiger partial charge is 0.504 e. The van der Waals surface area contributed by atoms with Crippen molar-refractivity contribution in [3.05, 3.63) is 107 Å². The van der Waals surface area contributed by atoms with E-state index < -0.39 is 0 Å². The molecule has 250 valence electrons. The molecular formula is C41H50O4S2. The number of hydrogen-bond acceptors (Lipinski definition) is 6. The summed E-state index contributed by atoms with van der Waals surface area (Å²) in [6, 6.07) is 27.6. The summed E-state index contributed by atoms with van der Waals surface area (Å²) >= 11 is 3.90. The first-order chi connectivity index (χ1) is 22.4. The van der Waals surface area contributed by atoms with Crippen molar-refractivity contribution in [2.75, 3.05) is 0 Å². The van der Waals surface area contributed by atoms with Crippen molar-refractivity contribution in [2.45, 2.75) is 106 Å². The Morgan fingerprint density at radius 1 is 0.574 bits per heavy atom. The zero-order valence-electron chi connectivity index (χ0n) is 28.7. The maximum Gasteiger partial charge on any atom is 0.169 e. The third kappa shape index (κ3) is 9.45. The Morgan fingerprint density at radius 2 is 0.957 bits per heavy atom. The number of ether oxygens (including phenoxy) is 2. The number of para-hydroxylation sites is 2. The first kappa shape index (κ1) is 35.1. The maximum absolute atomic E-state index is 11.4.